The van der Waals surface area contributed by atoms with Crippen molar-refractivity contribution < 1.29 is 4.79 Å². The number of amides is 1. The molecule has 2 aromatic heterocycles. The quantitative estimate of drug-likeness (QED) is 0.536. The van der Waals surface area contributed by atoms with E-state index in [1.165, 1.54) is 5.69 Å². The van der Waals surface area contributed by atoms with E-state index in [0.29, 0.717) is 0 Å². The molecule has 1 saturated heterocycles. The van der Waals surface area contributed by atoms with E-state index >= 15 is 0 Å². The molecular formula is C24H28N6O. The average molecular weight is 417 g/mol. The lowest BCUT2D eigenvalue weighted by atomic mass is 10.1. The highest BCUT2D eigenvalue weighted by Gasteiger charge is 2.21. The van der Waals surface area contributed by atoms with Crippen molar-refractivity contribution in [1.29, 1.82) is 0 Å². The number of hydrogen-bond acceptors (Lipinski definition) is 4. The Morgan fingerprint density at radius 2 is 1.87 bits per heavy atom. The first-order valence-corrected chi connectivity index (χ1v) is 10.7. The molecule has 3 heterocycles. The summed E-state index contributed by atoms with van der Waals surface area (Å²) in [6.07, 6.45) is 0. The summed E-state index contributed by atoms with van der Waals surface area (Å²) in [7, 11) is 2.17. The number of benzene rings is 2. The smallest absolute Gasteiger partial charge is 0.237 e. The minimum absolute atomic E-state index is 0.152. The Balaban J connectivity index is 1.63. The number of carbonyl (C=O) groups is 1. The van der Waals surface area contributed by atoms with Gasteiger partial charge in [0.15, 0.2) is 0 Å². The number of aromatic amines is 1. The maximum atomic E-state index is 11.7. The number of H-pyrrole nitrogens is 1. The molecule has 1 fully saturated rings. The predicted molar refractivity (Wildman–Crippen MR) is 125 cm³/mol. The second kappa shape index (κ2) is 7.42. The number of aromatic nitrogens is 3. The lowest BCUT2D eigenvalue weighted by Crippen LogP contribution is -2.44. The normalized spacial score (nSPS) is 15.3. The third-order valence-corrected chi connectivity index (χ3v) is 6.41. The van der Waals surface area contributed by atoms with Crippen LogP contribution in [0.15, 0.2) is 36.4 Å². The number of rotatable bonds is 4. The van der Waals surface area contributed by atoms with Gasteiger partial charge in [-0.1, -0.05) is 18.2 Å². The van der Waals surface area contributed by atoms with Crippen LogP contribution in [0.1, 0.15) is 11.3 Å². The van der Waals surface area contributed by atoms with Crippen molar-refractivity contribution >= 4 is 33.5 Å². The maximum absolute atomic E-state index is 11.7. The zero-order valence-electron chi connectivity index (χ0n) is 18.3. The molecule has 5 rings (SSSR count). The van der Waals surface area contributed by atoms with Crippen LogP contribution in [0.3, 0.4) is 0 Å². The number of nitrogens with one attached hydrogen (secondary N) is 1. The summed E-state index contributed by atoms with van der Waals surface area (Å²) in [5.41, 5.74) is 12.9. The van der Waals surface area contributed by atoms with Crippen molar-refractivity contribution in [1.82, 2.24) is 19.4 Å². The molecule has 1 amide bonds. The molecule has 7 nitrogen and oxygen atoms in total. The fourth-order valence-corrected chi connectivity index (χ4v) is 4.73. The highest BCUT2D eigenvalue weighted by Crippen LogP contribution is 2.35. The topological polar surface area (TPSA) is 83.2 Å². The molecule has 0 bridgehead atoms. The Bertz CT molecular complexity index is 1290. The number of para-hydroxylation sites is 1. The van der Waals surface area contributed by atoms with Crippen LogP contribution in [0.2, 0.25) is 0 Å². The Hall–Kier alpha value is -3.32. The summed E-state index contributed by atoms with van der Waals surface area (Å²) in [5, 5.41) is 1.07. The van der Waals surface area contributed by atoms with Gasteiger partial charge in [-0.05, 0) is 44.7 Å². The fraction of sp³-hybridized carbons (Fsp3) is 0.333. The van der Waals surface area contributed by atoms with Crippen molar-refractivity contribution in [3.8, 4) is 11.4 Å². The van der Waals surface area contributed by atoms with Gasteiger partial charge >= 0.3 is 0 Å². The SMILES string of the molecule is Cc1cc(N2CCN(C)CC2)cc2[nH]c(-c3c(C)n(CC(N)=O)c4ccccc34)nc12. The molecule has 1 aliphatic heterocycles. The number of likely N-dealkylation sites (N-methyl/N-ethyl adjacent to an activating group) is 1. The fourth-order valence-electron chi connectivity index (χ4n) is 4.73. The van der Waals surface area contributed by atoms with Gasteiger partial charge in [0.1, 0.15) is 12.4 Å². The molecule has 2 aromatic carbocycles. The van der Waals surface area contributed by atoms with E-state index in [4.69, 9.17) is 10.7 Å². The zero-order valence-corrected chi connectivity index (χ0v) is 18.3. The molecule has 3 N–H and O–H groups in total. The monoisotopic (exact) mass is 416 g/mol. The first-order valence-electron chi connectivity index (χ1n) is 10.7. The summed E-state index contributed by atoms with van der Waals surface area (Å²) in [5.74, 6) is 0.471. The Kier molecular flexibility index (Phi) is 4.70. The molecule has 4 aromatic rings. The van der Waals surface area contributed by atoms with Crippen molar-refractivity contribution in [3.63, 3.8) is 0 Å². The summed E-state index contributed by atoms with van der Waals surface area (Å²) >= 11 is 0. The van der Waals surface area contributed by atoms with Gasteiger partial charge in [-0.15, -0.1) is 0 Å². The van der Waals surface area contributed by atoms with Gasteiger partial charge in [0.2, 0.25) is 5.91 Å². The minimum Gasteiger partial charge on any atom is -0.369 e. The molecule has 31 heavy (non-hydrogen) atoms. The number of primary amides is 1. The molecule has 0 unspecified atom stereocenters. The zero-order chi connectivity index (χ0) is 21.7. The van der Waals surface area contributed by atoms with Crippen molar-refractivity contribution in [3.05, 3.63) is 47.7 Å². The molecule has 0 radical (unpaired) electrons. The first kappa shape index (κ1) is 19.6. The molecule has 160 valence electrons. The second-order valence-electron chi connectivity index (χ2n) is 8.56. The number of hydrogen-bond donors (Lipinski definition) is 2. The highest BCUT2D eigenvalue weighted by molar-refractivity contribution is 5.99. The van der Waals surface area contributed by atoms with E-state index in [2.05, 4.69) is 47.0 Å². The second-order valence-corrected chi connectivity index (χ2v) is 8.56. The predicted octanol–water partition coefficient (Wildman–Crippen LogP) is 3.04. The van der Waals surface area contributed by atoms with Crippen LogP contribution < -0.4 is 10.6 Å². The summed E-state index contributed by atoms with van der Waals surface area (Å²) in [6.45, 7) is 8.50. The minimum atomic E-state index is -0.354. The third kappa shape index (κ3) is 3.35. The van der Waals surface area contributed by atoms with Crippen molar-refractivity contribution in [2.75, 3.05) is 38.1 Å². The number of carbonyl (C=O) groups excluding carboxylic acids is 1. The first-order chi connectivity index (χ1) is 14.9. The number of aryl methyl sites for hydroxylation is 1. The molecule has 0 spiro atoms. The van der Waals surface area contributed by atoms with Crippen molar-refractivity contribution in [2.45, 2.75) is 20.4 Å². The van der Waals surface area contributed by atoms with Crippen molar-refractivity contribution in [2.24, 2.45) is 5.73 Å². The number of fused-ring (bicyclic) bond motifs is 2. The highest BCUT2D eigenvalue weighted by atomic mass is 16.1. The van der Waals surface area contributed by atoms with Crippen LogP contribution >= 0.6 is 0 Å². The van der Waals surface area contributed by atoms with Gasteiger partial charge in [-0.3, -0.25) is 4.79 Å². The number of anilines is 1. The molecule has 0 aliphatic carbocycles. The van der Waals surface area contributed by atoms with Gasteiger partial charge < -0.3 is 25.1 Å². The number of piperazine rings is 1. The number of nitrogens with two attached hydrogens (primary N) is 1. The van der Waals surface area contributed by atoms with E-state index in [1.807, 2.05) is 29.7 Å². The van der Waals surface area contributed by atoms with Crippen LogP contribution in [0.25, 0.3) is 33.3 Å². The van der Waals surface area contributed by atoms with Gasteiger partial charge in [-0.2, -0.15) is 0 Å². The Morgan fingerprint density at radius 3 is 2.61 bits per heavy atom. The number of nitrogens with zero attached hydrogens (tertiary/aromatic N) is 4. The van der Waals surface area contributed by atoms with E-state index < -0.39 is 0 Å². The average Bonchev–Trinajstić information content (AvgIpc) is 3.28. The van der Waals surface area contributed by atoms with Crippen LogP contribution in [-0.4, -0.2) is 58.6 Å². The lowest BCUT2D eigenvalue weighted by Gasteiger charge is -2.34. The van der Waals surface area contributed by atoms with Crippen LogP contribution in [-0.2, 0) is 11.3 Å². The Labute approximate surface area is 181 Å². The van der Waals surface area contributed by atoms with E-state index in [0.717, 1.165) is 70.8 Å². The maximum Gasteiger partial charge on any atom is 0.237 e. The summed E-state index contributed by atoms with van der Waals surface area (Å²) in [4.78, 5) is 25.0. The van der Waals surface area contributed by atoms with Gasteiger partial charge in [0, 0.05) is 54.0 Å². The van der Waals surface area contributed by atoms with E-state index in [9.17, 15) is 4.79 Å². The van der Waals surface area contributed by atoms with E-state index in [-0.39, 0.29) is 12.5 Å². The molecule has 1 aliphatic rings. The van der Waals surface area contributed by atoms with Crippen LogP contribution in [0, 0.1) is 13.8 Å². The molecule has 0 atom stereocenters. The standard InChI is InChI=1S/C24H28N6O/c1-15-12-17(29-10-8-28(3)9-11-29)13-19-23(15)27-24(26-19)22-16(2)30(14-21(25)31)20-7-5-4-6-18(20)22/h4-7,12-13H,8-11,14H2,1-3H3,(H2,25,31)(H,26,27). The number of imidazole rings is 1. The van der Waals surface area contributed by atoms with Crippen LogP contribution in [0.5, 0.6) is 0 Å². The van der Waals surface area contributed by atoms with Gasteiger partial charge in [-0.25, -0.2) is 4.98 Å². The summed E-state index contributed by atoms with van der Waals surface area (Å²) < 4.78 is 1.97. The van der Waals surface area contributed by atoms with Crippen LogP contribution in [0.4, 0.5) is 5.69 Å². The third-order valence-electron chi connectivity index (χ3n) is 6.41. The van der Waals surface area contributed by atoms with E-state index in [1.54, 1.807) is 0 Å². The molecular weight excluding hydrogens is 388 g/mol. The summed E-state index contributed by atoms with van der Waals surface area (Å²) in [6, 6.07) is 12.5. The lowest BCUT2D eigenvalue weighted by molar-refractivity contribution is -0.118. The van der Waals surface area contributed by atoms with Gasteiger partial charge in [0.25, 0.3) is 0 Å². The Morgan fingerprint density at radius 1 is 1.13 bits per heavy atom. The largest absolute Gasteiger partial charge is 0.369 e. The van der Waals surface area contributed by atoms with Gasteiger partial charge in [0.05, 0.1) is 11.0 Å². The molecule has 0 saturated carbocycles. The molecule has 7 heteroatoms.